The number of rotatable bonds is 7. The molecule has 0 N–H and O–H groups in total. The first kappa shape index (κ1) is 36.9. The summed E-state index contributed by atoms with van der Waals surface area (Å²) < 4.78 is 9.39. The first-order valence-electron chi connectivity index (χ1n) is 22.2. The first-order valence-corrected chi connectivity index (χ1v) is 22.2. The third-order valence-electron chi connectivity index (χ3n) is 13.2. The van der Waals surface area contributed by atoms with E-state index >= 15 is 0 Å². The molecule has 2 heterocycles. The summed E-state index contributed by atoms with van der Waals surface area (Å²) in [6, 6.07) is 87.6. The maximum absolute atomic E-state index is 7.00. The highest BCUT2D eigenvalue weighted by Crippen LogP contribution is 2.45. The van der Waals surface area contributed by atoms with E-state index in [4.69, 9.17) is 4.42 Å². The average Bonchev–Trinajstić information content (AvgIpc) is 3.93. The zero-order chi connectivity index (χ0) is 42.8. The van der Waals surface area contributed by atoms with Crippen LogP contribution in [0.4, 0.5) is 17.1 Å². The van der Waals surface area contributed by atoms with Gasteiger partial charge in [-0.25, -0.2) is 0 Å². The summed E-state index contributed by atoms with van der Waals surface area (Å²) in [5.74, 6) is 0. The zero-order valence-corrected chi connectivity index (χ0v) is 35.4. The molecule has 13 rings (SSSR count). The molecule has 0 amide bonds. The standard InChI is InChI=1S/C62H40N2O/c1-3-14-41(15-4-1)46-31-36-58-56(39-46)57-40-47(32-37-59(57)64(58)48-20-5-2-6-21-48)45-19-11-22-50(38-45)63(49-33-28-44(29-34-49)52-25-12-18-42-16-7-9-23-51(42)52)60-27-13-26-54-55-35-30-43-17-8-10-24-53(43)61(55)65-62(54)60/h1-40H. The molecule has 0 fully saturated rings. The largest absolute Gasteiger partial charge is 0.453 e. The van der Waals surface area contributed by atoms with Crippen molar-refractivity contribution in [1.29, 1.82) is 0 Å². The molecule has 0 unspecified atom stereocenters. The molecule has 3 heteroatoms. The number of hydrogen-bond donors (Lipinski definition) is 0. The van der Waals surface area contributed by atoms with Gasteiger partial charge in [0.1, 0.15) is 5.58 Å². The Morgan fingerprint density at radius 1 is 0.308 bits per heavy atom. The van der Waals surface area contributed by atoms with E-state index in [2.05, 4.69) is 252 Å². The Kier molecular flexibility index (Phi) is 8.53. The van der Waals surface area contributed by atoms with Gasteiger partial charge in [-0.05, 0) is 122 Å². The van der Waals surface area contributed by atoms with Crippen molar-refractivity contribution in [2.75, 3.05) is 4.90 Å². The maximum atomic E-state index is 7.00. The maximum Gasteiger partial charge on any atom is 0.159 e. The third-order valence-corrected chi connectivity index (χ3v) is 13.2. The Morgan fingerprint density at radius 3 is 1.63 bits per heavy atom. The third kappa shape index (κ3) is 6.12. The molecule has 0 spiro atoms. The average molecular weight is 829 g/mol. The van der Waals surface area contributed by atoms with Crippen LogP contribution >= 0.6 is 0 Å². The van der Waals surface area contributed by atoms with Gasteiger partial charge in [0.25, 0.3) is 0 Å². The highest BCUT2D eigenvalue weighted by atomic mass is 16.3. The van der Waals surface area contributed by atoms with Gasteiger partial charge in [0.15, 0.2) is 5.58 Å². The van der Waals surface area contributed by atoms with Crippen molar-refractivity contribution in [1.82, 2.24) is 4.57 Å². The Balaban J connectivity index is 0.994. The molecule has 304 valence electrons. The van der Waals surface area contributed by atoms with Crippen molar-refractivity contribution in [2.24, 2.45) is 0 Å². The topological polar surface area (TPSA) is 21.3 Å². The van der Waals surface area contributed by atoms with Crippen LogP contribution in [0.3, 0.4) is 0 Å². The predicted octanol–water partition coefficient (Wildman–Crippen LogP) is 17.5. The summed E-state index contributed by atoms with van der Waals surface area (Å²) in [5, 5.41) is 9.38. The van der Waals surface area contributed by atoms with E-state index in [1.807, 2.05) is 0 Å². The van der Waals surface area contributed by atoms with E-state index < -0.39 is 0 Å². The monoisotopic (exact) mass is 828 g/mol. The summed E-state index contributed by atoms with van der Waals surface area (Å²) in [6.07, 6.45) is 0. The molecule has 0 atom stereocenters. The van der Waals surface area contributed by atoms with Crippen LogP contribution in [0.15, 0.2) is 247 Å². The second-order valence-corrected chi connectivity index (χ2v) is 16.9. The number of aromatic nitrogens is 1. The summed E-state index contributed by atoms with van der Waals surface area (Å²) in [4.78, 5) is 2.36. The van der Waals surface area contributed by atoms with Crippen LogP contribution in [0.5, 0.6) is 0 Å². The van der Waals surface area contributed by atoms with Gasteiger partial charge in [0.05, 0.1) is 16.7 Å². The molecule has 0 bridgehead atoms. The van der Waals surface area contributed by atoms with Gasteiger partial charge in [0.2, 0.25) is 0 Å². The molecule has 0 aliphatic carbocycles. The Morgan fingerprint density at radius 2 is 0.862 bits per heavy atom. The number of fused-ring (bicyclic) bond motifs is 9. The number of benzene rings is 11. The van der Waals surface area contributed by atoms with Crippen molar-refractivity contribution in [3.63, 3.8) is 0 Å². The normalized spacial score (nSPS) is 11.7. The molecule has 0 saturated carbocycles. The molecule has 13 aromatic rings. The number of hydrogen-bond acceptors (Lipinski definition) is 2. The van der Waals surface area contributed by atoms with Crippen LogP contribution in [0.2, 0.25) is 0 Å². The molecule has 0 aliphatic rings. The number of para-hydroxylation sites is 2. The van der Waals surface area contributed by atoms with Crippen molar-refractivity contribution >= 4 is 82.4 Å². The summed E-state index contributed by atoms with van der Waals surface area (Å²) in [5.41, 5.74) is 15.4. The Hall–Kier alpha value is -8.66. The summed E-state index contributed by atoms with van der Waals surface area (Å²) >= 11 is 0. The second kappa shape index (κ2) is 15.0. The van der Waals surface area contributed by atoms with E-state index in [1.165, 1.54) is 54.8 Å². The zero-order valence-electron chi connectivity index (χ0n) is 35.4. The van der Waals surface area contributed by atoms with E-state index in [0.717, 1.165) is 66.6 Å². The predicted molar refractivity (Wildman–Crippen MR) is 274 cm³/mol. The minimum Gasteiger partial charge on any atom is -0.453 e. The smallest absolute Gasteiger partial charge is 0.159 e. The van der Waals surface area contributed by atoms with Gasteiger partial charge in [-0.3, -0.25) is 0 Å². The van der Waals surface area contributed by atoms with Gasteiger partial charge in [-0.15, -0.1) is 0 Å². The number of furan rings is 1. The van der Waals surface area contributed by atoms with Crippen LogP contribution in [-0.2, 0) is 0 Å². The molecule has 3 nitrogen and oxygen atoms in total. The van der Waals surface area contributed by atoms with Gasteiger partial charge in [-0.2, -0.15) is 0 Å². The number of nitrogens with zero attached hydrogens (tertiary/aromatic N) is 2. The Bertz CT molecular complexity index is 3930. The number of anilines is 3. The van der Waals surface area contributed by atoms with E-state index in [9.17, 15) is 0 Å². The molecule has 0 aliphatic heterocycles. The molecule has 0 radical (unpaired) electrons. The second-order valence-electron chi connectivity index (χ2n) is 16.9. The van der Waals surface area contributed by atoms with Crippen molar-refractivity contribution in [2.45, 2.75) is 0 Å². The lowest BCUT2D eigenvalue weighted by atomic mass is 9.98. The van der Waals surface area contributed by atoms with Crippen LogP contribution in [-0.4, -0.2) is 4.57 Å². The van der Waals surface area contributed by atoms with Gasteiger partial charge in [0, 0.05) is 44.0 Å². The lowest BCUT2D eigenvalue weighted by Crippen LogP contribution is -2.10. The van der Waals surface area contributed by atoms with Gasteiger partial charge >= 0.3 is 0 Å². The fourth-order valence-electron chi connectivity index (χ4n) is 10.1. The molecular weight excluding hydrogens is 789 g/mol. The van der Waals surface area contributed by atoms with Crippen molar-refractivity contribution in [3.05, 3.63) is 243 Å². The fraction of sp³-hybridized carbons (Fsp3) is 0. The fourth-order valence-corrected chi connectivity index (χ4v) is 10.1. The van der Waals surface area contributed by atoms with Gasteiger partial charge in [-0.1, -0.05) is 170 Å². The first-order chi connectivity index (χ1) is 32.2. The molecule has 11 aromatic carbocycles. The molecule has 65 heavy (non-hydrogen) atoms. The van der Waals surface area contributed by atoms with Crippen LogP contribution in [0.1, 0.15) is 0 Å². The molecule has 2 aromatic heterocycles. The van der Waals surface area contributed by atoms with E-state index in [1.54, 1.807) is 0 Å². The minimum atomic E-state index is 0.853. The van der Waals surface area contributed by atoms with Crippen LogP contribution in [0, 0.1) is 0 Å². The highest BCUT2D eigenvalue weighted by Gasteiger charge is 2.22. The lowest BCUT2D eigenvalue weighted by molar-refractivity contribution is 0.673. The molecule has 0 saturated heterocycles. The minimum absolute atomic E-state index is 0.853. The van der Waals surface area contributed by atoms with Crippen LogP contribution in [0.25, 0.3) is 104 Å². The molecular formula is C62H40N2O. The van der Waals surface area contributed by atoms with E-state index in [0.29, 0.717) is 0 Å². The van der Waals surface area contributed by atoms with Crippen molar-refractivity contribution < 1.29 is 4.42 Å². The lowest BCUT2D eigenvalue weighted by Gasteiger charge is -2.26. The highest BCUT2D eigenvalue weighted by molar-refractivity contribution is 6.18. The summed E-state index contributed by atoms with van der Waals surface area (Å²) in [6.45, 7) is 0. The van der Waals surface area contributed by atoms with E-state index in [-0.39, 0.29) is 0 Å². The van der Waals surface area contributed by atoms with Crippen LogP contribution < -0.4 is 4.90 Å². The van der Waals surface area contributed by atoms with Gasteiger partial charge < -0.3 is 13.9 Å². The quantitative estimate of drug-likeness (QED) is 0.160. The van der Waals surface area contributed by atoms with Crippen molar-refractivity contribution in [3.8, 4) is 39.1 Å². The summed E-state index contributed by atoms with van der Waals surface area (Å²) in [7, 11) is 0. The SMILES string of the molecule is c1ccc(-c2ccc3c(c2)c2cc(-c4cccc(N(c5ccc(-c6cccc7ccccc67)cc5)c5cccc6c5oc5c7ccccc7ccc65)c4)ccc2n3-c2ccccc2)cc1. The Labute approximate surface area is 376 Å².